The molecule has 1 N–H and O–H groups in total. The maximum atomic E-state index is 13.5. The molecule has 0 aromatic heterocycles. The minimum atomic E-state index is -0.314. The smallest absolute Gasteiger partial charge is 0.322 e. The molecule has 1 unspecified atom stereocenters. The average Bonchev–Trinajstić information content (AvgIpc) is 2.91. The fourth-order valence-electron chi connectivity index (χ4n) is 4.44. The molecule has 0 spiro atoms. The van der Waals surface area contributed by atoms with Gasteiger partial charge in [-0.3, -0.25) is 0 Å². The number of hydrogen-bond donors (Lipinski definition) is 1. The molecule has 3 aromatic rings. The number of carbonyl (C=O) groups is 1. The number of nitrogens with zero attached hydrogens (tertiary/aromatic N) is 1. The lowest BCUT2D eigenvalue weighted by Gasteiger charge is -2.37. The summed E-state index contributed by atoms with van der Waals surface area (Å²) in [6, 6.07) is 18.9. The van der Waals surface area contributed by atoms with Gasteiger partial charge in [-0.15, -0.1) is 0 Å². The second-order valence-electron chi connectivity index (χ2n) is 9.06. The van der Waals surface area contributed by atoms with E-state index in [0.717, 1.165) is 22.6 Å². The molecule has 0 radical (unpaired) electrons. The van der Waals surface area contributed by atoms with Gasteiger partial charge in [0.25, 0.3) is 0 Å². The van der Waals surface area contributed by atoms with Gasteiger partial charge in [-0.05, 0) is 77.6 Å². The van der Waals surface area contributed by atoms with Gasteiger partial charge in [0, 0.05) is 12.2 Å². The second kappa shape index (κ2) is 11.2. The zero-order valence-electron chi connectivity index (χ0n) is 21.5. The monoisotopic (exact) mass is 490 g/mol. The molecule has 2 amide bonds. The Kier molecular flexibility index (Phi) is 7.88. The van der Waals surface area contributed by atoms with Crippen LogP contribution in [0.5, 0.6) is 23.0 Å². The molecule has 0 fully saturated rings. The van der Waals surface area contributed by atoms with Gasteiger partial charge in [0.2, 0.25) is 0 Å². The molecular formula is C29H34N2O5. The van der Waals surface area contributed by atoms with Crippen molar-refractivity contribution in [1.82, 2.24) is 4.90 Å². The second-order valence-corrected chi connectivity index (χ2v) is 9.06. The van der Waals surface area contributed by atoms with E-state index in [2.05, 4.69) is 19.2 Å². The molecule has 0 saturated heterocycles. The van der Waals surface area contributed by atoms with Gasteiger partial charge < -0.3 is 29.2 Å². The van der Waals surface area contributed by atoms with Crippen LogP contribution in [0.1, 0.15) is 42.5 Å². The maximum absolute atomic E-state index is 13.5. The van der Waals surface area contributed by atoms with Gasteiger partial charge in [-0.1, -0.05) is 26.0 Å². The maximum Gasteiger partial charge on any atom is 0.322 e. The predicted octanol–water partition coefficient (Wildman–Crippen LogP) is 6.05. The molecule has 1 aliphatic heterocycles. The van der Waals surface area contributed by atoms with Crippen LogP contribution in [0.3, 0.4) is 0 Å². The molecule has 4 rings (SSSR count). The van der Waals surface area contributed by atoms with Gasteiger partial charge >= 0.3 is 6.03 Å². The molecule has 0 aliphatic carbocycles. The van der Waals surface area contributed by atoms with E-state index >= 15 is 0 Å². The number of amides is 2. The first-order valence-electron chi connectivity index (χ1n) is 12.1. The van der Waals surface area contributed by atoms with Crippen molar-refractivity contribution in [3.8, 4) is 23.0 Å². The Labute approximate surface area is 212 Å². The number of methoxy groups -OCH3 is 3. The van der Waals surface area contributed by atoms with Crippen molar-refractivity contribution >= 4 is 11.7 Å². The Morgan fingerprint density at radius 1 is 0.917 bits per heavy atom. The third-order valence-electron chi connectivity index (χ3n) is 6.56. The Bertz CT molecular complexity index is 1180. The number of ether oxygens (including phenoxy) is 4. The van der Waals surface area contributed by atoms with Gasteiger partial charge in [0.15, 0.2) is 11.5 Å². The molecule has 3 aromatic carbocycles. The molecular weight excluding hydrogens is 456 g/mol. The summed E-state index contributed by atoms with van der Waals surface area (Å²) >= 11 is 0. The van der Waals surface area contributed by atoms with Crippen LogP contribution in [-0.2, 0) is 6.42 Å². The highest BCUT2D eigenvalue weighted by Gasteiger charge is 2.33. The normalized spacial score (nSPS) is 14.7. The van der Waals surface area contributed by atoms with Crippen molar-refractivity contribution in [3.63, 3.8) is 0 Å². The van der Waals surface area contributed by atoms with Crippen LogP contribution in [0.2, 0.25) is 0 Å². The summed E-state index contributed by atoms with van der Waals surface area (Å²) in [5.74, 6) is 3.19. The lowest BCUT2D eigenvalue weighted by atomic mass is 9.92. The van der Waals surface area contributed by atoms with E-state index in [4.69, 9.17) is 18.9 Å². The van der Waals surface area contributed by atoms with Crippen molar-refractivity contribution in [2.24, 2.45) is 0 Å². The van der Waals surface area contributed by atoms with Gasteiger partial charge in [-0.25, -0.2) is 4.79 Å². The summed E-state index contributed by atoms with van der Waals surface area (Å²) in [7, 11) is 4.87. The molecule has 36 heavy (non-hydrogen) atoms. The first-order valence-corrected chi connectivity index (χ1v) is 12.1. The quantitative estimate of drug-likeness (QED) is 0.417. The molecule has 1 aliphatic rings. The lowest BCUT2D eigenvalue weighted by Crippen LogP contribution is -2.44. The standard InChI is InChI=1S/C29H34N2O5/c1-19(2)20-6-8-22(9-7-20)30-29(32)31-15-14-21-16-27(34-4)28(35-5)17-25(21)26(31)18-36-24-12-10-23(33-3)11-13-24/h6-13,16-17,19,26H,14-15,18H2,1-5H3,(H,30,32). The number of carbonyl (C=O) groups excluding carboxylic acids is 1. The van der Waals surface area contributed by atoms with Crippen LogP contribution < -0.4 is 24.3 Å². The van der Waals surface area contributed by atoms with Gasteiger partial charge in [0.05, 0.1) is 27.4 Å². The third-order valence-corrected chi connectivity index (χ3v) is 6.56. The minimum absolute atomic E-state index is 0.170. The molecule has 190 valence electrons. The summed E-state index contributed by atoms with van der Waals surface area (Å²) < 4.78 is 22.5. The number of anilines is 1. The summed E-state index contributed by atoms with van der Waals surface area (Å²) in [5.41, 5.74) is 4.09. The summed E-state index contributed by atoms with van der Waals surface area (Å²) in [4.78, 5) is 15.3. The van der Waals surface area contributed by atoms with E-state index in [0.29, 0.717) is 36.1 Å². The number of nitrogens with one attached hydrogen (secondary N) is 1. The fraction of sp³-hybridized carbons (Fsp3) is 0.345. The van der Waals surface area contributed by atoms with Crippen molar-refractivity contribution < 1.29 is 23.7 Å². The summed E-state index contributed by atoms with van der Waals surface area (Å²) in [6.45, 7) is 5.13. The van der Waals surface area contributed by atoms with Crippen LogP contribution in [0.25, 0.3) is 0 Å². The van der Waals surface area contributed by atoms with Crippen molar-refractivity contribution in [2.45, 2.75) is 32.2 Å². The first kappa shape index (κ1) is 25.2. The minimum Gasteiger partial charge on any atom is -0.497 e. The number of fused-ring (bicyclic) bond motifs is 1. The van der Waals surface area contributed by atoms with E-state index in [1.807, 2.05) is 65.6 Å². The zero-order valence-corrected chi connectivity index (χ0v) is 21.5. The topological polar surface area (TPSA) is 69.3 Å². The van der Waals surface area contributed by atoms with E-state index in [1.54, 1.807) is 21.3 Å². The van der Waals surface area contributed by atoms with E-state index in [1.165, 1.54) is 5.56 Å². The third kappa shape index (κ3) is 5.51. The van der Waals surface area contributed by atoms with Crippen molar-refractivity contribution in [3.05, 3.63) is 77.4 Å². The Balaban J connectivity index is 1.60. The Hall–Kier alpha value is -3.87. The largest absolute Gasteiger partial charge is 0.497 e. The molecule has 0 bridgehead atoms. The molecule has 0 saturated carbocycles. The highest BCUT2D eigenvalue weighted by Crippen LogP contribution is 2.38. The zero-order chi connectivity index (χ0) is 25.7. The van der Waals surface area contributed by atoms with Crippen LogP contribution in [-0.4, -0.2) is 45.4 Å². The Morgan fingerprint density at radius 2 is 1.56 bits per heavy atom. The van der Waals surface area contributed by atoms with E-state index in [-0.39, 0.29) is 18.7 Å². The average molecular weight is 491 g/mol. The lowest BCUT2D eigenvalue weighted by molar-refractivity contribution is 0.144. The van der Waals surface area contributed by atoms with Crippen LogP contribution in [0, 0.1) is 0 Å². The number of benzene rings is 3. The van der Waals surface area contributed by atoms with Gasteiger partial charge in [-0.2, -0.15) is 0 Å². The molecule has 1 atom stereocenters. The molecule has 7 heteroatoms. The van der Waals surface area contributed by atoms with E-state index < -0.39 is 0 Å². The van der Waals surface area contributed by atoms with Crippen molar-refractivity contribution in [1.29, 1.82) is 0 Å². The van der Waals surface area contributed by atoms with Crippen LogP contribution in [0.15, 0.2) is 60.7 Å². The predicted molar refractivity (Wildman–Crippen MR) is 141 cm³/mol. The van der Waals surface area contributed by atoms with Crippen molar-refractivity contribution in [2.75, 3.05) is 39.8 Å². The Morgan fingerprint density at radius 3 is 2.17 bits per heavy atom. The van der Waals surface area contributed by atoms with Gasteiger partial charge in [0.1, 0.15) is 18.1 Å². The first-order chi connectivity index (χ1) is 17.4. The summed E-state index contributed by atoms with van der Waals surface area (Å²) in [5, 5.41) is 3.06. The number of urea groups is 1. The summed E-state index contributed by atoms with van der Waals surface area (Å²) in [6.07, 6.45) is 0.703. The number of hydrogen-bond acceptors (Lipinski definition) is 5. The fourth-order valence-corrected chi connectivity index (χ4v) is 4.44. The molecule has 7 nitrogen and oxygen atoms in total. The van der Waals surface area contributed by atoms with E-state index in [9.17, 15) is 4.79 Å². The van der Waals surface area contributed by atoms with Crippen LogP contribution >= 0.6 is 0 Å². The number of rotatable bonds is 8. The van der Waals surface area contributed by atoms with Crippen LogP contribution in [0.4, 0.5) is 10.5 Å². The SMILES string of the molecule is COc1ccc(OCC2c3cc(OC)c(OC)cc3CCN2C(=O)Nc2ccc(C(C)C)cc2)cc1. The highest BCUT2D eigenvalue weighted by atomic mass is 16.5. The molecule has 1 heterocycles. The highest BCUT2D eigenvalue weighted by molar-refractivity contribution is 5.90.